The highest BCUT2D eigenvalue weighted by molar-refractivity contribution is 6.01. The van der Waals surface area contributed by atoms with E-state index in [1.807, 2.05) is 0 Å². The number of rotatable bonds is 8. The number of aliphatic carboxylic acids is 1. The van der Waals surface area contributed by atoms with Gasteiger partial charge in [0.15, 0.2) is 18.3 Å². The first-order valence-corrected chi connectivity index (χ1v) is 15.0. The van der Waals surface area contributed by atoms with E-state index in [4.69, 9.17) is 33.2 Å². The Morgan fingerprint density at radius 3 is 2.00 bits per heavy atom. The summed E-state index contributed by atoms with van der Waals surface area (Å²) in [4.78, 5) is 89.7. The quantitative estimate of drug-likeness (QED) is 0.0570. The van der Waals surface area contributed by atoms with Gasteiger partial charge in [-0.25, -0.2) is 29.0 Å². The molecule has 4 N–H and O–H groups in total. The molecule has 0 radical (unpaired) electrons. The lowest BCUT2D eigenvalue weighted by Crippen LogP contribution is -2.61. The van der Waals surface area contributed by atoms with Gasteiger partial charge in [-0.3, -0.25) is 25.5 Å². The van der Waals surface area contributed by atoms with Crippen molar-refractivity contribution in [2.75, 3.05) is 6.61 Å². The molecule has 0 aromatic heterocycles. The molecule has 21 heteroatoms. The van der Waals surface area contributed by atoms with Gasteiger partial charge in [0, 0.05) is 19.1 Å². The summed E-state index contributed by atoms with van der Waals surface area (Å²) in [6.07, 6.45) is -8.91. The molecule has 51 heavy (non-hydrogen) atoms. The Bertz CT molecular complexity index is 1560. The van der Waals surface area contributed by atoms with Gasteiger partial charge >= 0.3 is 30.5 Å². The number of benzene rings is 1. The van der Waals surface area contributed by atoms with Crippen molar-refractivity contribution in [3.63, 3.8) is 0 Å². The van der Waals surface area contributed by atoms with Crippen molar-refractivity contribution in [2.45, 2.75) is 90.1 Å². The molecule has 1 saturated heterocycles. The van der Waals surface area contributed by atoms with Gasteiger partial charge in [0.25, 0.3) is 5.69 Å². The molecule has 2 aliphatic heterocycles. The monoisotopic (exact) mass is 723 g/mol. The number of cyclic esters (lactones) is 2. The van der Waals surface area contributed by atoms with Crippen LogP contribution < -0.4 is 20.7 Å². The maximum absolute atomic E-state index is 13.0. The Labute approximate surface area is 289 Å². The summed E-state index contributed by atoms with van der Waals surface area (Å²) >= 11 is 0. The number of non-ortho nitro benzene ring substituents is 1. The van der Waals surface area contributed by atoms with E-state index in [0.29, 0.717) is 0 Å². The Morgan fingerprint density at radius 1 is 0.980 bits per heavy atom. The molecule has 0 bridgehead atoms. The Kier molecular flexibility index (Phi) is 12.4. The van der Waals surface area contributed by atoms with Crippen LogP contribution in [0.4, 0.5) is 24.9 Å². The molecular formula is C30H37N5O16. The van der Waals surface area contributed by atoms with Crippen LogP contribution in [-0.4, -0.2) is 101 Å². The zero-order chi connectivity index (χ0) is 38.3. The third kappa shape index (κ3) is 12.4. The number of nitro benzene ring substituents is 1. The van der Waals surface area contributed by atoms with E-state index in [1.165, 1.54) is 0 Å². The van der Waals surface area contributed by atoms with Gasteiger partial charge in [-0.2, -0.15) is 0 Å². The van der Waals surface area contributed by atoms with Gasteiger partial charge in [0.2, 0.25) is 17.6 Å². The topological polar surface area (TPSA) is 279 Å². The molecule has 278 valence electrons. The minimum absolute atomic E-state index is 0.202. The number of nitrogens with zero attached hydrogens (tertiary/aromatic N) is 2. The van der Waals surface area contributed by atoms with Crippen LogP contribution >= 0.6 is 0 Å². The van der Waals surface area contributed by atoms with E-state index in [1.54, 1.807) is 41.5 Å². The minimum Gasteiger partial charge on any atom is -0.477 e. The number of guanidine groups is 1. The van der Waals surface area contributed by atoms with Crippen molar-refractivity contribution in [3.05, 3.63) is 46.2 Å². The first-order valence-electron chi connectivity index (χ1n) is 15.0. The van der Waals surface area contributed by atoms with Crippen molar-refractivity contribution in [1.82, 2.24) is 16.0 Å². The first kappa shape index (κ1) is 39.3. The highest BCUT2D eigenvalue weighted by atomic mass is 16.8. The van der Waals surface area contributed by atoms with Crippen LogP contribution in [0.15, 0.2) is 41.1 Å². The van der Waals surface area contributed by atoms with Crippen molar-refractivity contribution in [2.24, 2.45) is 4.99 Å². The number of hydrogen-bond donors (Lipinski definition) is 4. The molecule has 0 unspecified atom stereocenters. The van der Waals surface area contributed by atoms with Crippen molar-refractivity contribution in [3.8, 4) is 5.75 Å². The Hall–Kier alpha value is -6.15. The molecule has 1 fully saturated rings. The fourth-order valence-electron chi connectivity index (χ4n) is 4.40. The average molecular weight is 724 g/mol. The maximum atomic E-state index is 13.0. The van der Waals surface area contributed by atoms with Crippen molar-refractivity contribution in [1.29, 1.82) is 0 Å². The van der Waals surface area contributed by atoms with E-state index < -0.39 is 101 Å². The number of carboxylic acid groups (broad SMARTS) is 1. The number of nitrogens with one attached hydrogen (secondary N) is 3. The van der Waals surface area contributed by atoms with E-state index in [0.717, 1.165) is 37.3 Å². The molecule has 3 amide bonds. The Morgan fingerprint density at radius 2 is 1.55 bits per heavy atom. The van der Waals surface area contributed by atoms with Gasteiger partial charge < -0.3 is 43.6 Å². The summed E-state index contributed by atoms with van der Waals surface area (Å²) in [5.74, 6) is -4.01. The molecule has 21 nitrogen and oxygen atoms in total. The number of hydrogen-bond acceptors (Lipinski definition) is 16. The number of nitro groups is 1. The number of aliphatic imine (C=N–C) groups is 1. The molecular weight excluding hydrogens is 686 g/mol. The molecule has 0 spiro atoms. The van der Waals surface area contributed by atoms with E-state index in [-0.39, 0.29) is 11.4 Å². The van der Waals surface area contributed by atoms with Crippen LogP contribution in [0.3, 0.4) is 0 Å². The SMILES string of the molecule is CC(=O)N[C@H]1[C@H]([C@H](OC(=O)Oc2ccc([N+](=O)[O-])cc2)[C@H]2COC(=O)O2)OC(C(=O)O)=C[C@@H]1N=C(NC(=O)OC(C)(C)C)NC(=O)OC(C)(C)C. The molecule has 0 saturated carbocycles. The fraction of sp³-hybridized carbons (Fsp3) is 0.500. The highest BCUT2D eigenvalue weighted by Crippen LogP contribution is 2.30. The van der Waals surface area contributed by atoms with Crippen LogP contribution in [0.2, 0.25) is 0 Å². The van der Waals surface area contributed by atoms with Crippen LogP contribution in [0.1, 0.15) is 48.5 Å². The van der Waals surface area contributed by atoms with Gasteiger partial charge in [0.05, 0.1) is 17.0 Å². The zero-order valence-electron chi connectivity index (χ0n) is 28.4. The van der Waals surface area contributed by atoms with E-state index >= 15 is 0 Å². The summed E-state index contributed by atoms with van der Waals surface area (Å²) in [6, 6.07) is 1.26. The van der Waals surface area contributed by atoms with E-state index in [2.05, 4.69) is 20.9 Å². The summed E-state index contributed by atoms with van der Waals surface area (Å²) in [5.41, 5.74) is -2.32. The zero-order valence-corrected chi connectivity index (χ0v) is 28.4. The average Bonchev–Trinajstić information content (AvgIpc) is 3.40. The fourth-order valence-corrected chi connectivity index (χ4v) is 4.40. The Balaban J connectivity index is 2.08. The lowest BCUT2D eigenvalue weighted by Gasteiger charge is -2.39. The van der Waals surface area contributed by atoms with Crippen molar-refractivity contribution >= 4 is 48.0 Å². The second-order valence-corrected chi connectivity index (χ2v) is 12.8. The van der Waals surface area contributed by atoms with Gasteiger partial charge in [0.1, 0.15) is 23.6 Å². The van der Waals surface area contributed by atoms with Crippen LogP contribution in [-0.2, 0) is 38.0 Å². The van der Waals surface area contributed by atoms with Crippen molar-refractivity contribution < 1.29 is 72.0 Å². The second kappa shape index (κ2) is 16.0. The molecule has 1 aromatic rings. The van der Waals surface area contributed by atoms with Gasteiger partial charge in [-0.05, 0) is 59.8 Å². The molecule has 3 rings (SSSR count). The van der Waals surface area contributed by atoms with E-state index in [9.17, 15) is 44.0 Å². The third-order valence-electron chi connectivity index (χ3n) is 6.19. The third-order valence-corrected chi connectivity index (χ3v) is 6.19. The molecule has 2 aliphatic rings. The first-order chi connectivity index (χ1) is 23.6. The lowest BCUT2D eigenvalue weighted by atomic mass is 9.92. The summed E-state index contributed by atoms with van der Waals surface area (Å²) in [7, 11) is 0. The number of carbonyl (C=O) groups excluding carboxylic acids is 5. The number of carbonyl (C=O) groups is 6. The number of ether oxygens (including phenoxy) is 7. The summed E-state index contributed by atoms with van der Waals surface area (Å²) in [6.45, 7) is 9.94. The molecule has 2 heterocycles. The normalized spacial score (nSPS) is 20.4. The van der Waals surface area contributed by atoms with Crippen LogP contribution in [0.25, 0.3) is 0 Å². The predicted molar refractivity (Wildman–Crippen MR) is 168 cm³/mol. The minimum atomic E-state index is -1.79. The number of amides is 3. The molecule has 5 atom stereocenters. The smallest absolute Gasteiger partial charge is 0.477 e. The van der Waals surface area contributed by atoms with Gasteiger partial charge in [-0.1, -0.05) is 0 Å². The van der Waals surface area contributed by atoms with Crippen LogP contribution in [0.5, 0.6) is 5.75 Å². The van der Waals surface area contributed by atoms with Crippen LogP contribution in [0, 0.1) is 10.1 Å². The molecule has 1 aromatic carbocycles. The predicted octanol–water partition coefficient (Wildman–Crippen LogP) is 2.66. The number of alkyl carbamates (subject to hydrolysis) is 2. The summed E-state index contributed by atoms with van der Waals surface area (Å²) < 4.78 is 36.7. The molecule has 0 aliphatic carbocycles. The maximum Gasteiger partial charge on any atom is 0.514 e. The van der Waals surface area contributed by atoms with Gasteiger partial charge in [-0.15, -0.1) is 0 Å². The second-order valence-electron chi connectivity index (χ2n) is 12.8. The summed E-state index contributed by atoms with van der Waals surface area (Å²) in [5, 5.41) is 27.9. The largest absolute Gasteiger partial charge is 0.514 e. The standard InChI is InChI=1S/C30H37N5O16/c1-14(36)31-20-17(32-24(33-25(39)50-29(2,3)4)34-26(40)51-30(5,6)7)12-18(23(37)38)47-22(20)21(19-13-45-27(41)48-19)49-28(42)46-16-10-8-15(9-11-16)35(43)44/h8-12,17,19-22H,13H2,1-7H3,(H,31,36)(H,37,38)(H2,32,33,34,39,40)/t17-,19+,20+,21+,22+/m0/s1. The lowest BCUT2D eigenvalue weighted by molar-refractivity contribution is -0.384. The number of carboxylic acids is 1. The highest BCUT2D eigenvalue weighted by Gasteiger charge is 2.50.